The number of hydrogen-bond acceptors (Lipinski definition) is 6. The molecule has 0 aliphatic carbocycles. The Morgan fingerprint density at radius 2 is 2.15 bits per heavy atom. The summed E-state index contributed by atoms with van der Waals surface area (Å²) in [5.41, 5.74) is 6.99. The van der Waals surface area contributed by atoms with Crippen molar-refractivity contribution in [3.05, 3.63) is 35.0 Å². The van der Waals surface area contributed by atoms with Gasteiger partial charge in [-0.1, -0.05) is 23.4 Å². The molecule has 3 N–H and O–H groups in total. The minimum atomic E-state index is -2.48. The summed E-state index contributed by atoms with van der Waals surface area (Å²) in [5, 5.41) is 3.93. The molecule has 0 spiro atoms. The van der Waals surface area contributed by atoms with Crippen LogP contribution in [0.15, 0.2) is 29.4 Å². The molecular weight excluding hydrogens is 296 g/mol. The number of methoxy groups -OCH3 is 1. The third kappa shape index (κ3) is 3.33. The van der Waals surface area contributed by atoms with Crippen LogP contribution in [0.25, 0.3) is 0 Å². The molecule has 2 aromatic rings. The molecule has 1 heterocycles. The summed E-state index contributed by atoms with van der Waals surface area (Å²) >= 11 is 7.48. The molecule has 2 rings (SSSR count). The van der Waals surface area contributed by atoms with Crippen LogP contribution in [-0.4, -0.2) is 23.3 Å². The molecular formula is C13H15ClN4OS. The Labute approximate surface area is 131 Å². The first-order valence-corrected chi connectivity index (χ1v) is 7.29. The third-order valence-corrected chi connectivity index (χ3v) is 3.42. The Kier molecular flexibility index (Phi) is 3.80. The lowest BCUT2D eigenvalue weighted by atomic mass is 10.2. The van der Waals surface area contributed by atoms with E-state index in [4.69, 9.17) is 26.2 Å². The second-order valence-corrected chi connectivity index (χ2v) is 4.92. The molecule has 0 fully saturated rings. The Bertz CT molecular complexity index is 682. The van der Waals surface area contributed by atoms with Crippen molar-refractivity contribution >= 4 is 34.9 Å². The molecule has 0 saturated heterocycles. The van der Waals surface area contributed by atoms with Crippen LogP contribution in [0.3, 0.4) is 0 Å². The van der Waals surface area contributed by atoms with Crippen molar-refractivity contribution in [3.8, 4) is 5.75 Å². The smallest absolute Gasteiger partial charge is 0.190 e. The molecule has 1 aromatic heterocycles. The fourth-order valence-electron chi connectivity index (χ4n) is 1.56. The van der Waals surface area contributed by atoms with Gasteiger partial charge in [0.1, 0.15) is 16.7 Å². The zero-order valence-corrected chi connectivity index (χ0v) is 12.3. The van der Waals surface area contributed by atoms with Gasteiger partial charge in [0.05, 0.1) is 11.2 Å². The van der Waals surface area contributed by atoms with E-state index in [2.05, 4.69) is 15.3 Å². The predicted molar refractivity (Wildman–Crippen MR) is 83.0 cm³/mol. The predicted octanol–water partition coefficient (Wildman–Crippen LogP) is 3.06. The lowest BCUT2D eigenvalue weighted by Gasteiger charge is -2.12. The highest BCUT2D eigenvalue weighted by Crippen LogP contribution is 2.27. The van der Waals surface area contributed by atoms with E-state index >= 15 is 0 Å². The molecule has 106 valence electrons. The van der Waals surface area contributed by atoms with Gasteiger partial charge >= 0.3 is 0 Å². The number of benzene rings is 1. The molecule has 5 nitrogen and oxygen atoms in total. The van der Waals surface area contributed by atoms with E-state index in [9.17, 15) is 0 Å². The number of nitrogens with two attached hydrogens (primary N) is 1. The van der Waals surface area contributed by atoms with Gasteiger partial charge in [0.25, 0.3) is 0 Å². The van der Waals surface area contributed by atoms with E-state index in [1.807, 2.05) is 6.26 Å². The van der Waals surface area contributed by atoms with Crippen molar-refractivity contribution in [1.29, 1.82) is 0 Å². The summed E-state index contributed by atoms with van der Waals surface area (Å²) in [5.74, 6) is 0.765. The highest BCUT2D eigenvalue weighted by atomic mass is 35.5. The number of halogens is 1. The number of thioether (sulfide) groups is 1. The van der Waals surface area contributed by atoms with Crippen molar-refractivity contribution in [3.63, 3.8) is 0 Å². The standard InChI is InChI=1S/C13H15ClN4OS/c1-19-9-5-3-8(4-6-9)16-12-10(7-15)11(14)17-13(18-12)20-2/h3-6H,7,15H2,1-2H3,(H,16,17,18)/i1D3. The van der Waals surface area contributed by atoms with Crippen molar-refractivity contribution in [2.75, 3.05) is 18.6 Å². The number of ether oxygens (including phenoxy) is 1. The van der Waals surface area contributed by atoms with Crippen molar-refractivity contribution in [1.82, 2.24) is 9.97 Å². The normalized spacial score (nSPS) is 13.2. The van der Waals surface area contributed by atoms with Crippen molar-refractivity contribution in [2.24, 2.45) is 5.73 Å². The summed E-state index contributed by atoms with van der Waals surface area (Å²) in [6.07, 6.45) is 1.85. The summed E-state index contributed by atoms with van der Waals surface area (Å²) in [6.45, 7) is 0.191. The summed E-state index contributed by atoms with van der Waals surface area (Å²) in [7, 11) is -2.48. The Morgan fingerprint density at radius 3 is 2.75 bits per heavy atom. The fourth-order valence-corrected chi connectivity index (χ4v) is 2.22. The average Bonchev–Trinajstić information content (AvgIpc) is 2.47. The molecule has 0 radical (unpaired) electrons. The summed E-state index contributed by atoms with van der Waals surface area (Å²) in [6, 6.07) is 6.45. The monoisotopic (exact) mass is 313 g/mol. The second kappa shape index (κ2) is 6.78. The molecule has 0 amide bonds. The molecule has 0 unspecified atom stereocenters. The van der Waals surface area contributed by atoms with E-state index in [-0.39, 0.29) is 12.3 Å². The maximum Gasteiger partial charge on any atom is 0.190 e. The minimum absolute atomic E-state index is 0.191. The molecule has 0 aliphatic heterocycles. The van der Waals surface area contributed by atoms with Crippen LogP contribution in [0.5, 0.6) is 5.75 Å². The lowest BCUT2D eigenvalue weighted by molar-refractivity contribution is 0.415. The molecule has 7 heteroatoms. The number of aromatic nitrogens is 2. The number of nitrogens with zero attached hydrogens (tertiary/aromatic N) is 2. The first kappa shape index (κ1) is 11.2. The highest BCUT2D eigenvalue weighted by molar-refractivity contribution is 7.98. The van der Waals surface area contributed by atoms with Crippen LogP contribution in [0.4, 0.5) is 11.5 Å². The van der Waals surface area contributed by atoms with Crippen molar-refractivity contribution < 1.29 is 8.85 Å². The quantitative estimate of drug-likeness (QED) is 0.502. The molecule has 0 bridgehead atoms. The Hall–Kier alpha value is -1.50. The summed E-state index contributed by atoms with van der Waals surface area (Å²) in [4.78, 5) is 8.49. The van der Waals surface area contributed by atoms with Gasteiger partial charge in [0.15, 0.2) is 5.16 Å². The Morgan fingerprint density at radius 1 is 1.40 bits per heavy atom. The van der Waals surface area contributed by atoms with E-state index in [1.165, 1.54) is 11.8 Å². The number of nitrogens with one attached hydrogen (secondary N) is 1. The first-order chi connectivity index (χ1) is 10.8. The van der Waals surface area contributed by atoms with Crippen LogP contribution >= 0.6 is 23.4 Å². The highest BCUT2D eigenvalue weighted by Gasteiger charge is 2.12. The minimum Gasteiger partial charge on any atom is -0.497 e. The van der Waals surface area contributed by atoms with E-state index < -0.39 is 7.04 Å². The van der Waals surface area contributed by atoms with Gasteiger partial charge in [-0.3, -0.25) is 0 Å². The van der Waals surface area contributed by atoms with Crippen LogP contribution in [0.2, 0.25) is 5.15 Å². The van der Waals surface area contributed by atoms with Crippen LogP contribution in [-0.2, 0) is 6.54 Å². The number of hydrogen-bond donors (Lipinski definition) is 2. The molecule has 0 aliphatic rings. The maximum absolute atomic E-state index is 7.07. The van der Waals surface area contributed by atoms with E-state index in [0.717, 1.165) is 0 Å². The maximum atomic E-state index is 7.07. The van der Waals surface area contributed by atoms with Crippen LogP contribution in [0, 0.1) is 0 Å². The van der Waals surface area contributed by atoms with Gasteiger partial charge in [0, 0.05) is 17.8 Å². The number of anilines is 2. The third-order valence-electron chi connectivity index (χ3n) is 2.56. The SMILES string of the molecule is [2H]C([2H])([2H])Oc1ccc(Nc2nc(SC)nc(Cl)c2CN)cc1. The van der Waals surface area contributed by atoms with E-state index in [0.29, 0.717) is 27.4 Å². The van der Waals surface area contributed by atoms with Crippen LogP contribution in [0.1, 0.15) is 9.68 Å². The van der Waals surface area contributed by atoms with Gasteiger partial charge in [-0.25, -0.2) is 9.97 Å². The van der Waals surface area contributed by atoms with Gasteiger partial charge in [0.2, 0.25) is 0 Å². The zero-order chi connectivity index (χ0) is 17.0. The zero-order valence-electron chi connectivity index (χ0n) is 13.7. The molecule has 20 heavy (non-hydrogen) atoms. The van der Waals surface area contributed by atoms with Gasteiger partial charge in [-0.2, -0.15) is 0 Å². The first-order valence-electron chi connectivity index (χ1n) is 7.19. The fraction of sp³-hybridized carbons (Fsp3) is 0.231. The molecule has 1 aromatic carbocycles. The lowest BCUT2D eigenvalue weighted by Crippen LogP contribution is -2.07. The van der Waals surface area contributed by atoms with Crippen molar-refractivity contribution in [2.45, 2.75) is 11.7 Å². The molecule has 0 saturated carbocycles. The van der Waals surface area contributed by atoms with Gasteiger partial charge in [-0.05, 0) is 30.5 Å². The average molecular weight is 314 g/mol. The largest absolute Gasteiger partial charge is 0.497 e. The van der Waals surface area contributed by atoms with Crippen LogP contribution < -0.4 is 15.8 Å². The number of rotatable bonds is 5. The van der Waals surface area contributed by atoms with E-state index in [1.54, 1.807) is 24.3 Å². The topological polar surface area (TPSA) is 73.1 Å². The summed E-state index contributed by atoms with van der Waals surface area (Å²) < 4.78 is 26.0. The molecule has 0 atom stereocenters. The Balaban J connectivity index is 2.23. The van der Waals surface area contributed by atoms with Gasteiger partial charge < -0.3 is 15.8 Å². The second-order valence-electron chi connectivity index (χ2n) is 3.78. The van der Waals surface area contributed by atoms with Gasteiger partial charge in [-0.15, -0.1) is 0 Å².